The number of hydrogen-bond acceptors (Lipinski definition) is 4. The third-order valence-electron chi connectivity index (χ3n) is 3.40. The Bertz CT molecular complexity index is 468. The summed E-state index contributed by atoms with van der Waals surface area (Å²) in [7, 11) is 0. The van der Waals surface area contributed by atoms with Crippen molar-refractivity contribution >= 4 is 5.96 Å². The number of hydrogen-bond donors (Lipinski definition) is 1. The van der Waals surface area contributed by atoms with Crippen LogP contribution in [0.2, 0.25) is 0 Å². The minimum atomic E-state index is -0.383. The van der Waals surface area contributed by atoms with Crippen LogP contribution in [0.3, 0.4) is 0 Å². The molecule has 0 aromatic carbocycles. The first-order chi connectivity index (χ1) is 8.64. The molecule has 1 aromatic rings. The quantitative estimate of drug-likeness (QED) is 0.824. The first-order valence-corrected chi connectivity index (χ1v) is 5.94. The summed E-state index contributed by atoms with van der Waals surface area (Å²) in [5.41, 5.74) is 6.32. The van der Waals surface area contributed by atoms with Crippen LogP contribution in [0.25, 0.3) is 0 Å². The van der Waals surface area contributed by atoms with Gasteiger partial charge in [0.15, 0.2) is 5.96 Å². The van der Waals surface area contributed by atoms with E-state index in [1.54, 1.807) is 12.1 Å². The first kappa shape index (κ1) is 12.5. The zero-order valence-corrected chi connectivity index (χ0v) is 10.4. The fourth-order valence-corrected chi connectivity index (χ4v) is 2.35. The molecular weight excluding hydrogens is 231 g/mol. The van der Waals surface area contributed by atoms with Crippen molar-refractivity contribution in [1.29, 1.82) is 0 Å². The normalized spacial score (nSPS) is 23.0. The zero-order valence-electron chi connectivity index (χ0n) is 10.4. The van der Waals surface area contributed by atoms with Crippen LogP contribution in [-0.4, -0.2) is 28.9 Å². The minimum absolute atomic E-state index is 0.341. The van der Waals surface area contributed by atoms with Crippen LogP contribution in [0, 0.1) is 5.82 Å². The highest BCUT2D eigenvalue weighted by atomic mass is 19.1. The number of guanidine groups is 1. The molecule has 0 bridgehead atoms. The van der Waals surface area contributed by atoms with Gasteiger partial charge in [-0.1, -0.05) is 13.0 Å². The minimum Gasteiger partial charge on any atom is -0.370 e. The zero-order chi connectivity index (χ0) is 13.2. The van der Waals surface area contributed by atoms with E-state index in [-0.39, 0.29) is 11.4 Å². The molecule has 18 heavy (non-hydrogen) atoms. The molecule has 0 radical (unpaired) electrons. The van der Waals surface area contributed by atoms with Gasteiger partial charge < -0.3 is 10.6 Å². The summed E-state index contributed by atoms with van der Waals surface area (Å²) in [5, 5.41) is 0. The van der Waals surface area contributed by atoms with Crippen LogP contribution >= 0.6 is 0 Å². The highest BCUT2D eigenvalue weighted by Gasteiger charge is 2.42. The molecule has 5 heteroatoms. The van der Waals surface area contributed by atoms with Gasteiger partial charge in [0.2, 0.25) is 0 Å². The standard InChI is InChI=1S/C13H17FN4/c1-3-7-18-12(15)17-9-13(18,4-2)11-6-5-10(14)8-16-11/h3,5-6,8H,1,4,7,9H2,2H3,(H2,15,17). The van der Waals surface area contributed by atoms with Gasteiger partial charge in [-0.3, -0.25) is 9.98 Å². The van der Waals surface area contributed by atoms with Crippen LogP contribution in [0.1, 0.15) is 19.0 Å². The Labute approximate surface area is 106 Å². The van der Waals surface area contributed by atoms with Gasteiger partial charge in [0, 0.05) is 6.54 Å². The predicted octanol–water partition coefficient (Wildman–Crippen LogP) is 1.64. The van der Waals surface area contributed by atoms with Gasteiger partial charge >= 0.3 is 0 Å². The lowest BCUT2D eigenvalue weighted by atomic mass is 9.90. The molecule has 2 N–H and O–H groups in total. The average Bonchev–Trinajstić information content (AvgIpc) is 2.70. The van der Waals surface area contributed by atoms with Gasteiger partial charge in [0.05, 0.1) is 18.4 Å². The number of aliphatic imine (C=N–C) groups is 1. The van der Waals surface area contributed by atoms with Crippen molar-refractivity contribution in [2.24, 2.45) is 10.7 Å². The molecule has 0 saturated heterocycles. The molecule has 1 unspecified atom stereocenters. The van der Waals surface area contributed by atoms with E-state index < -0.39 is 0 Å². The molecule has 0 spiro atoms. The molecule has 1 aromatic heterocycles. The average molecular weight is 248 g/mol. The van der Waals surface area contributed by atoms with Crippen molar-refractivity contribution in [2.75, 3.05) is 13.1 Å². The molecule has 0 aliphatic carbocycles. The molecule has 2 rings (SSSR count). The second kappa shape index (κ2) is 4.76. The van der Waals surface area contributed by atoms with Gasteiger partial charge in [0.1, 0.15) is 11.4 Å². The molecule has 1 aliphatic heterocycles. The van der Waals surface area contributed by atoms with Crippen molar-refractivity contribution in [1.82, 2.24) is 9.88 Å². The number of nitrogens with two attached hydrogens (primary N) is 1. The van der Waals surface area contributed by atoms with E-state index in [1.165, 1.54) is 12.3 Å². The first-order valence-electron chi connectivity index (χ1n) is 5.94. The Morgan fingerprint density at radius 2 is 2.39 bits per heavy atom. The molecular formula is C13H17FN4. The van der Waals surface area contributed by atoms with Gasteiger partial charge in [-0.2, -0.15) is 0 Å². The van der Waals surface area contributed by atoms with E-state index in [4.69, 9.17) is 5.73 Å². The lowest BCUT2D eigenvalue weighted by Crippen LogP contribution is -2.49. The Balaban J connectivity index is 2.42. The van der Waals surface area contributed by atoms with Crippen LogP contribution in [0.4, 0.5) is 4.39 Å². The number of pyridine rings is 1. The SMILES string of the molecule is C=CCN1C(N)=NCC1(CC)c1ccc(F)cn1. The maximum absolute atomic E-state index is 13.0. The summed E-state index contributed by atoms with van der Waals surface area (Å²) >= 11 is 0. The summed E-state index contributed by atoms with van der Waals surface area (Å²) in [6.45, 7) is 6.93. The van der Waals surface area contributed by atoms with Gasteiger partial charge in [-0.25, -0.2) is 4.39 Å². The van der Waals surface area contributed by atoms with Crippen molar-refractivity contribution in [2.45, 2.75) is 18.9 Å². The summed E-state index contributed by atoms with van der Waals surface area (Å²) < 4.78 is 13.0. The van der Waals surface area contributed by atoms with E-state index in [0.717, 1.165) is 12.1 Å². The fraction of sp³-hybridized carbons (Fsp3) is 0.385. The van der Waals surface area contributed by atoms with E-state index in [2.05, 4.69) is 23.5 Å². The largest absolute Gasteiger partial charge is 0.370 e. The monoisotopic (exact) mass is 248 g/mol. The Kier molecular flexibility index (Phi) is 3.32. The summed E-state index contributed by atoms with van der Waals surface area (Å²) in [6, 6.07) is 3.11. The molecule has 0 fully saturated rings. The highest BCUT2D eigenvalue weighted by Crippen LogP contribution is 2.34. The number of rotatable bonds is 4. The van der Waals surface area contributed by atoms with Gasteiger partial charge in [0.25, 0.3) is 0 Å². The second-order valence-corrected chi connectivity index (χ2v) is 4.32. The lowest BCUT2D eigenvalue weighted by Gasteiger charge is -2.37. The number of halogens is 1. The van der Waals surface area contributed by atoms with E-state index in [1.807, 2.05) is 4.90 Å². The van der Waals surface area contributed by atoms with E-state index in [9.17, 15) is 4.39 Å². The van der Waals surface area contributed by atoms with Crippen molar-refractivity contribution in [3.8, 4) is 0 Å². The second-order valence-electron chi connectivity index (χ2n) is 4.32. The van der Waals surface area contributed by atoms with Gasteiger partial charge in [-0.05, 0) is 18.6 Å². The van der Waals surface area contributed by atoms with Crippen molar-refractivity contribution in [3.63, 3.8) is 0 Å². The molecule has 4 nitrogen and oxygen atoms in total. The smallest absolute Gasteiger partial charge is 0.192 e. The van der Waals surface area contributed by atoms with Crippen LogP contribution in [-0.2, 0) is 5.54 Å². The van der Waals surface area contributed by atoms with Crippen LogP contribution in [0.15, 0.2) is 36.0 Å². The van der Waals surface area contributed by atoms with Crippen molar-refractivity contribution in [3.05, 3.63) is 42.5 Å². The Morgan fingerprint density at radius 3 is 2.94 bits per heavy atom. The van der Waals surface area contributed by atoms with E-state index in [0.29, 0.717) is 19.0 Å². The maximum Gasteiger partial charge on any atom is 0.192 e. The Hall–Kier alpha value is -1.91. The van der Waals surface area contributed by atoms with Crippen molar-refractivity contribution < 1.29 is 4.39 Å². The highest BCUT2D eigenvalue weighted by molar-refractivity contribution is 5.81. The molecule has 0 amide bonds. The van der Waals surface area contributed by atoms with Gasteiger partial charge in [-0.15, -0.1) is 6.58 Å². The predicted molar refractivity (Wildman–Crippen MR) is 69.6 cm³/mol. The van der Waals surface area contributed by atoms with Crippen LogP contribution < -0.4 is 5.73 Å². The molecule has 1 atom stereocenters. The summed E-state index contributed by atoms with van der Waals surface area (Å²) in [4.78, 5) is 10.5. The molecule has 2 heterocycles. The summed E-state index contributed by atoms with van der Waals surface area (Å²) in [6.07, 6.45) is 3.80. The molecule has 1 aliphatic rings. The topological polar surface area (TPSA) is 54.5 Å². The third-order valence-corrected chi connectivity index (χ3v) is 3.40. The molecule has 0 saturated carbocycles. The third kappa shape index (κ3) is 1.85. The van der Waals surface area contributed by atoms with E-state index >= 15 is 0 Å². The number of nitrogens with zero attached hydrogens (tertiary/aromatic N) is 3. The fourth-order valence-electron chi connectivity index (χ4n) is 2.35. The van der Waals surface area contributed by atoms with Crippen LogP contribution in [0.5, 0.6) is 0 Å². The summed E-state index contributed by atoms with van der Waals surface area (Å²) in [5.74, 6) is 0.148. The lowest BCUT2D eigenvalue weighted by molar-refractivity contribution is 0.204. The molecule has 96 valence electrons. The number of aromatic nitrogens is 1. The maximum atomic E-state index is 13.0. The Morgan fingerprint density at radius 1 is 1.61 bits per heavy atom.